The molecule has 9 heteroatoms. The van der Waals surface area contributed by atoms with Gasteiger partial charge in [0.05, 0.1) is 24.7 Å². The first-order valence-corrected chi connectivity index (χ1v) is 8.03. The molecule has 0 saturated heterocycles. The molecule has 0 N–H and O–H groups in total. The molecule has 0 saturated carbocycles. The van der Waals surface area contributed by atoms with Gasteiger partial charge in [-0.2, -0.15) is 0 Å². The third kappa shape index (κ3) is 3.78. The number of nitrogens with zero attached hydrogens (tertiary/aromatic N) is 1. The van der Waals surface area contributed by atoms with Crippen LogP contribution in [0.2, 0.25) is 0 Å². The van der Waals surface area contributed by atoms with Crippen LogP contribution in [-0.4, -0.2) is 25.1 Å². The first kappa shape index (κ1) is 18.9. The number of esters is 1. The average molecular weight is 385 g/mol. The summed E-state index contributed by atoms with van der Waals surface area (Å²) in [5.74, 6) is -0.231. The molecule has 0 spiro atoms. The number of hydrogen-bond acceptors (Lipinski definition) is 8. The molecule has 9 nitrogen and oxygen atoms in total. The Bertz CT molecular complexity index is 1120. The topological polar surface area (TPSA) is 118 Å². The van der Waals surface area contributed by atoms with Crippen LogP contribution >= 0.6 is 0 Å². The molecule has 0 aliphatic carbocycles. The monoisotopic (exact) mass is 385 g/mol. The number of nitro groups is 1. The van der Waals surface area contributed by atoms with Crippen molar-refractivity contribution in [2.45, 2.75) is 6.61 Å². The molecule has 1 aromatic heterocycles. The highest BCUT2D eigenvalue weighted by molar-refractivity contribution is 5.90. The predicted octanol–water partition coefficient (Wildman–Crippen LogP) is 3.08. The Balaban J connectivity index is 1.95. The Hall–Kier alpha value is -3.88. The molecular formula is C19H15NO8. The Morgan fingerprint density at radius 1 is 1.14 bits per heavy atom. The van der Waals surface area contributed by atoms with E-state index in [1.165, 1.54) is 32.4 Å². The van der Waals surface area contributed by atoms with E-state index in [1.54, 1.807) is 18.2 Å². The number of rotatable bonds is 6. The summed E-state index contributed by atoms with van der Waals surface area (Å²) in [5, 5.41) is 11.9. The third-order valence-electron chi connectivity index (χ3n) is 4.00. The zero-order valence-corrected chi connectivity index (χ0v) is 15.0. The Morgan fingerprint density at radius 3 is 2.61 bits per heavy atom. The molecule has 0 amide bonds. The van der Waals surface area contributed by atoms with Crippen molar-refractivity contribution in [3.63, 3.8) is 0 Å². The lowest BCUT2D eigenvalue weighted by Crippen LogP contribution is -2.06. The molecule has 144 valence electrons. The molecule has 1 heterocycles. The number of methoxy groups -OCH3 is 2. The summed E-state index contributed by atoms with van der Waals surface area (Å²) in [7, 11) is 2.67. The minimum atomic E-state index is -0.699. The zero-order chi connectivity index (χ0) is 20.3. The second-order valence-electron chi connectivity index (χ2n) is 5.67. The van der Waals surface area contributed by atoms with Crippen LogP contribution in [-0.2, 0) is 11.3 Å². The van der Waals surface area contributed by atoms with Gasteiger partial charge in [0.25, 0.3) is 0 Å². The van der Waals surface area contributed by atoms with Gasteiger partial charge in [0, 0.05) is 29.1 Å². The summed E-state index contributed by atoms with van der Waals surface area (Å²) in [6.07, 6.45) is 0. The highest BCUT2D eigenvalue weighted by Crippen LogP contribution is 2.30. The van der Waals surface area contributed by atoms with Crippen LogP contribution in [0.15, 0.2) is 51.7 Å². The lowest BCUT2D eigenvalue weighted by Gasteiger charge is -2.10. The third-order valence-corrected chi connectivity index (χ3v) is 4.00. The molecule has 0 unspecified atom stereocenters. The maximum atomic E-state index is 11.8. The molecular weight excluding hydrogens is 370 g/mol. The van der Waals surface area contributed by atoms with Gasteiger partial charge in [-0.05, 0) is 24.3 Å². The molecule has 2 aromatic carbocycles. The second-order valence-corrected chi connectivity index (χ2v) is 5.67. The molecule has 3 rings (SSSR count). The zero-order valence-electron chi connectivity index (χ0n) is 15.0. The molecule has 0 atom stereocenters. The number of hydrogen-bond donors (Lipinski definition) is 0. The number of carbonyl (C=O) groups is 1. The summed E-state index contributed by atoms with van der Waals surface area (Å²) in [6.45, 7) is -0.118. The average Bonchev–Trinajstić information content (AvgIpc) is 2.70. The van der Waals surface area contributed by atoms with E-state index in [0.29, 0.717) is 22.3 Å². The molecule has 0 radical (unpaired) electrons. The second kappa shape index (κ2) is 7.78. The first-order chi connectivity index (χ1) is 13.4. The van der Waals surface area contributed by atoms with Crippen molar-refractivity contribution >= 4 is 22.6 Å². The van der Waals surface area contributed by atoms with Crippen molar-refractivity contribution in [2.75, 3.05) is 14.2 Å². The maximum absolute atomic E-state index is 11.8. The fourth-order valence-corrected chi connectivity index (χ4v) is 2.64. The summed E-state index contributed by atoms with van der Waals surface area (Å²) < 4.78 is 20.4. The van der Waals surface area contributed by atoms with Crippen LogP contribution < -0.4 is 15.1 Å². The van der Waals surface area contributed by atoms with Crippen LogP contribution in [0.4, 0.5) is 5.69 Å². The van der Waals surface area contributed by atoms with E-state index in [2.05, 4.69) is 4.74 Å². The van der Waals surface area contributed by atoms with Gasteiger partial charge in [-0.3, -0.25) is 10.1 Å². The quantitative estimate of drug-likeness (QED) is 0.275. The molecule has 0 aliphatic heterocycles. The van der Waals surface area contributed by atoms with E-state index in [-0.39, 0.29) is 17.9 Å². The summed E-state index contributed by atoms with van der Waals surface area (Å²) >= 11 is 0. The number of carbonyl (C=O) groups excluding carboxylic acids is 1. The number of nitro benzene ring substituents is 1. The molecule has 0 fully saturated rings. The van der Waals surface area contributed by atoms with Crippen LogP contribution in [0, 0.1) is 10.1 Å². The van der Waals surface area contributed by atoms with Gasteiger partial charge in [-0.1, -0.05) is 0 Å². The van der Waals surface area contributed by atoms with E-state index in [9.17, 15) is 19.7 Å². The highest BCUT2D eigenvalue weighted by Gasteiger charge is 2.20. The summed E-state index contributed by atoms with van der Waals surface area (Å²) in [6, 6.07) is 9.95. The fourth-order valence-electron chi connectivity index (χ4n) is 2.64. The lowest BCUT2D eigenvalue weighted by molar-refractivity contribution is -0.386. The predicted molar refractivity (Wildman–Crippen MR) is 97.8 cm³/mol. The first-order valence-electron chi connectivity index (χ1n) is 8.03. The number of fused-ring (bicyclic) bond motifs is 1. The van der Waals surface area contributed by atoms with Gasteiger partial charge in [0.2, 0.25) is 0 Å². The summed E-state index contributed by atoms with van der Waals surface area (Å²) in [5.41, 5.74) is -0.160. The smallest absolute Gasteiger partial charge is 0.338 e. The van der Waals surface area contributed by atoms with Crippen molar-refractivity contribution in [1.29, 1.82) is 0 Å². The van der Waals surface area contributed by atoms with Crippen molar-refractivity contribution in [3.05, 3.63) is 74.1 Å². The Morgan fingerprint density at radius 2 is 1.93 bits per heavy atom. The summed E-state index contributed by atoms with van der Waals surface area (Å²) in [4.78, 5) is 34.1. The van der Waals surface area contributed by atoms with E-state index in [4.69, 9.17) is 13.9 Å². The van der Waals surface area contributed by atoms with Crippen molar-refractivity contribution < 1.29 is 28.3 Å². The molecule has 3 aromatic rings. The maximum Gasteiger partial charge on any atom is 0.338 e. The minimum absolute atomic E-state index is 0.0273. The van der Waals surface area contributed by atoms with Crippen LogP contribution in [0.5, 0.6) is 11.5 Å². The minimum Gasteiger partial charge on any atom is -0.497 e. The van der Waals surface area contributed by atoms with Gasteiger partial charge >= 0.3 is 17.3 Å². The van der Waals surface area contributed by atoms with Gasteiger partial charge in [0.15, 0.2) is 5.75 Å². The van der Waals surface area contributed by atoms with Gasteiger partial charge in [-0.15, -0.1) is 0 Å². The van der Waals surface area contributed by atoms with E-state index in [0.717, 1.165) is 6.07 Å². The lowest BCUT2D eigenvalue weighted by atomic mass is 10.1. The van der Waals surface area contributed by atoms with E-state index in [1.807, 2.05) is 0 Å². The normalized spacial score (nSPS) is 10.5. The molecule has 0 bridgehead atoms. The van der Waals surface area contributed by atoms with Crippen LogP contribution in [0.25, 0.3) is 11.0 Å². The van der Waals surface area contributed by atoms with Crippen molar-refractivity contribution in [1.82, 2.24) is 0 Å². The van der Waals surface area contributed by atoms with Gasteiger partial charge in [0.1, 0.15) is 17.9 Å². The largest absolute Gasteiger partial charge is 0.497 e. The fraction of sp³-hybridized carbons (Fsp3) is 0.158. The van der Waals surface area contributed by atoms with Gasteiger partial charge in [-0.25, -0.2) is 9.59 Å². The Kier molecular flexibility index (Phi) is 5.25. The van der Waals surface area contributed by atoms with Crippen molar-refractivity contribution in [3.8, 4) is 11.5 Å². The number of ether oxygens (including phenoxy) is 3. The molecule has 0 aliphatic rings. The number of benzene rings is 2. The van der Waals surface area contributed by atoms with Crippen LogP contribution in [0.1, 0.15) is 15.9 Å². The Labute approximate surface area is 158 Å². The highest BCUT2D eigenvalue weighted by atomic mass is 16.6. The SMILES string of the molecule is COC(=O)c1ccc(OCc2cc(=O)oc3cc(OC)ccc23)c([N+](=O)[O-])c1. The van der Waals surface area contributed by atoms with Gasteiger partial charge < -0.3 is 18.6 Å². The van der Waals surface area contributed by atoms with Crippen molar-refractivity contribution in [2.24, 2.45) is 0 Å². The van der Waals surface area contributed by atoms with E-state index >= 15 is 0 Å². The van der Waals surface area contributed by atoms with Crippen LogP contribution in [0.3, 0.4) is 0 Å². The molecule has 28 heavy (non-hydrogen) atoms. The van der Waals surface area contributed by atoms with E-state index < -0.39 is 22.2 Å². The standard InChI is InChI=1S/C19H15NO8/c1-25-13-4-5-14-12(8-18(21)28-17(14)9-13)10-27-16-6-3-11(19(22)26-2)7-15(16)20(23)24/h3-9H,10H2,1-2H3.